The van der Waals surface area contributed by atoms with Crippen molar-refractivity contribution in [3.8, 4) is 11.8 Å². The number of nitriles is 1. The molecule has 1 atom stereocenters. The topological polar surface area (TPSA) is 50.1 Å². The molecular formula is C16H11BrFNO2. The van der Waals surface area contributed by atoms with E-state index in [1.807, 2.05) is 0 Å². The van der Waals surface area contributed by atoms with Crippen LogP contribution >= 0.6 is 15.9 Å². The fourth-order valence-electron chi connectivity index (χ4n) is 1.77. The normalized spacial score (nSPS) is 11.5. The van der Waals surface area contributed by atoms with Gasteiger partial charge in [0.15, 0.2) is 6.10 Å². The number of halogens is 2. The predicted molar refractivity (Wildman–Crippen MR) is 79.7 cm³/mol. The summed E-state index contributed by atoms with van der Waals surface area (Å²) in [5.41, 5.74) is 0.453. The summed E-state index contributed by atoms with van der Waals surface area (Å²) in [4.78, 5) is 12.2. The van der Waals surface area contributed by atoms with Gasteiger partial charge in [-0.05, 0) is 31.2 Å². The van der Waals surface area contributed by atoms with E-state index in [2.05, 4.69) is 15.9 Å². The van der Waals surface area contributed by atoms with E-state index in [1.165, 1.54) is 12.1 Å². The molecule has 106 valence electrons. The second-order valence-electron chi connectivity index (χ2n) is 4.38. The maximum absolute atomic E-state index is 13.5. The third-order valence-electron chi connectivity index (χ3n) is 2.87. The van der Waals surface area contributed by atoms with Crippen LogP contribution < -0.4 is 4.74 Å². The van der Waals surface area contributed by atoms with Crippen LogP contribution in [0, 0.1) is 17.1 Å². The number of benzene rings is 2. The smallest absolute Gasteiger partial charge is 0.202 e. The number of ketones is 1. The molecule has 0 spiro atoms. The predicted octanol–water partition coefficient (Wildman–Crippen LogP) is 4.11. The van der Waals surface area contributed by atoms with Crippen LogP contribution in [-0.2, 0) is 0 Å². The number of carbonyl (C=O) groups is 1. The number of hydrogen-bond donors (Lipinski definition) is 0. The molecule has 0 heterocycles. The van der Waals surface area contributed by atoms with Gasteiger partial charge < -0.3 is 4.74 Å². The Bertz CT molecular complexity index is 707. The van der Waals surface area contributed by atoms with Gasteiger partial charge in [0.2, 0.25) is 5.78 Å². The number of hydrogen-bond acceptors (Lipinski definition) is 3. The summed E-state index contributed by atoms with van der Waals surface area (Å²) in [6.45, 7) is 1.60. The molecule has 0 bridgehead atoms. The highest BCUT2D eigenvalue weighted by molar-refractivity contribution is 9.10. The Morgan fingerprint density at radius 2 is 1.95 bits per heavy atom. The Labute approximate surface area is 130 Å². The molecule has 0 aromatic heterocycles. The monoisotopic (exact) mass is 347 g/mol. The molecular weight excluding hydrogens is 337 g/mol. The van der Waals surface area contributed by atoms with Gasteiger partial charge in [-0.1, -0.05) is 28.1 Å². The van der Waals surface area contributed by atoms with E-state index in [4.69, 9.17) is 10.00 Å². The first-order chi connectivity index (χ1) is 10.0. The van der Waals surface area contributed by atoms with Crippen molar-refractivity contribution in [1.29, 1.82) is 5.26 Å². The van der Waals surface area contributed by atoms with E-state index in [1.54, 1.807) is 37.3 Å². The average Bonchev–Trinajstić information content (AvgIpc) is 2.47. The van der Waals surface area contributed by atoms with Crippen molar-refractivity contribution in [2.45, 2.75) is 13.0 Å². The molecule has 0 aliphatic heterocycles. The SMILES string of the molecule is CC(Oc1ccc(C#N)c(F)c1)C(=O)c1ccc(Br)cc1. The summed E-state index contributed by atoms with van der Waals surface area (Å²) in [6.07, 6.45) is -0.751. The Hall–Kier alpha value is -2.19. The van der Waals surface area contributed by atoms with E-state index < -0.39 is 11.9 Å². The zero-order valence-corrected chi connectivity index (χ0v) is 12.7. The molecule has 2 rings (SSSR count). The Balaban J connectivity index is 2.12. The summed E-state index contributed by atoms with van der Waals surface area (Å²) in [5, 5.41) is 8.66. The minimum Gasteiger partial charge on any atom is -0.482 e. The number of nitrogens with zero attached hydrogens (tertiary/aromatic N) is 1. The highest BCUT2D eigenvalue weighted by Crippen LogP contribution is 2.19. The van der Waals surface area contributed by atoms with Gasteiger partial charge in [0.25, 0.3) is 0 Å². The number of carbonyl (C=O) groups excluding carboxylic acids is 1. The largest absolute Gasteiger partial charge is 0.482 e. The van der Waals surface area contributed by atoms with E-state index >= 15 is 0 Å². The van der Waals surface area contributed by atoms with Crippen molar-refractivity contribution >= 4 is 21.7 Å². The summed E-state index contributed by atoms with van der Waals surface area (Å²) in [6, 6.07) is 12.5. The minimum absolute atomic E-state index is 0.0609. The van der Waals surface area contributed by atoms with Gasteiger partial charge in [0, 0.05) is 16.1 Å². The molecule has 0 aliphatic carbocycles. The van der Waals surface area contributed by atoms with Crippen LogP contribution in [0.25, 0.3) is 0 Å². The van der Waals surface area contributed by atoms with Crippen LogP contribution in [0.2, 0.25) is 0 Å². The first-order valence-corrected chi connectivity index (χ1v) is 6.96. The van der Waals surface area contributed by atoms with Gasteiger partial charge in [-0.25, -0.2) is 4.39 Å². The van der Waals surface area contributed by atoms with Crippen molar-refractivity contribution in [1.82, 2.24) is 0 Å². The molecule has 0 fully saturated rings. The Morgan fingerprint density at radius 3 is 2.52 bits per heavy atom. The number of Topliss-reactive ketones (excluding diaryl/α,β-unsaturated/α-hetero) is 1. The fourth-order valence-corrected chi connectivity index (χ4v) is 2.03. The standard InChI is InChI=1S/C16H11BrFNO2/c1-10(16(20)11-2-5-13(17)6-3-11)21-14-7-4-12(9-19)15(18)8-14/h2-8,10H,1H3. The van der Waals surface area contributed by atoms with Crippen LogP contribution in [0.1, 0.15) is 22.8 Å². The van der Waals surface area contributed by atoms with Gasteiger partial charge in [-0.3, -0.25) is 4.79 Å². The highest BCUT2D eigenvalue weighted by Gasteiger charge is 2.17. The Kier molecular flexibility index (Phi) is 4.71. The molecule has 0 aliphatic rings. The van der Waals surface area contributed by atoms with Gasteiger partial charge in [0.1, 0.15) is 17.6 Å². The third kappa shape index (κ3) is 3.67. The van der Waals surface area contributed by atoms with Crippen molar-refractivity contribution in [3.63, 3.8) is 0 Å². The van der Waals surface area contributed by atoms with Gasteiger partial charge in [0.05, 0.1) is 5.56 Å². The molecule has 2 aromatic carbocycles. The average molecular weight is 348 g/mol. The zero-order valence-electron chi connectivity index (χ0n) is 11.1. The van der Waals surface area contributed by atoms with Gasteiger partial charge >= 0.3 is 0 Å². The molecule has 0 saturated carbocycles. The van der Waals surface area contributed by atoms with Crippen molar-refractivity contribution in [2.75, 3.05) is 0 Å². The van der Waals surface area contributed by atoms with Gasteiger partial charge in [-0.15, -0.1) is 0 Å². The lowest BCUT2D eigenvalue weighted by atomic mass is 10.1. The first-order valence-electron chi connectivity index (χ1n) is 6.17. The summed E-state index contributed by atoms with van der Waals surface area (Å²) < 4.78 is 19.8. The second kappa shape index (κ2) is 6.51. The maximum Gasteiger partial charge on any atom is 0.202 e. The number of ether oxygens (including phenoxy) is 1. The molecule has 21 heavy (non-hydrogen) atoms. The maximum atomic E-state index is 13.5. The van der Waals surface area contributed by atoms with E-state index in [9.17, 15) is 9.18 Å². The van der Waals surface area contributed by atoms with Gasteiger partial charge in [-0.2, -0.15) is 5.26 Å². The molecule has 0 amide bonds. The molecule has 0 N–H and O–H groups in total. The lowest BCUT2D eigenvalue weighted by Gasteiger charge is -2.14. The van der Waals surface area contributed by atoms with Crippen molar-refractivity contribution in [2.24, 2.45) is 0 Å². The van der Waals surface area contributed by atoms with Crippen LogP contribution in [0.15, 0.2) is 46.9 Å². The van der Waals surface area contributed by atoms with E-state index in [-0.39, 0.29) is 17.1 Å². The fraction of sp³-hybridized carbons (Fsp3) is 0.125. The Morgan fingerprint density at radius 1 is 1.29 bits per heavy atom. The molecule has 0 radical (unpaired) electrons. The van der Waals surface area contributed by atoms with Crippen LogP contribution in [0.3, 0.4) is 0 Å². The van der Waals surface area contributed by atoms with Crippen molar-refractivity contribution < 1.29 is 13.9 Å². The van der Waals surface area contributed by atoms with E-state index in [0.717, 1.165) is 10.5 Å². The zero-order chi connectivity index (χ0) is 15.4. The van der Waals surface area contributed by atoms with Crippen LogP contribution in [-0.4, -0.2) is 11.9 Å². The minimum atomic E-state index is -0.751. The second-order valence-corrected chi connectivity index (χ2v) is 5.30. The highest BCUT2D eigenvalue weighted by atomic mass is 79.9. The molecule has 1 unspecified atom stereocenters. The summed E-state index contributed by atoms with van der Waals surface area (Å²) >= 11 is 3.30. The van der Waals surface area contributed by atoms with Crippen LogP contribution in [0.4, 0.5) is 4.39 Å². The first kappa shape index (κ1) is 15.2. The van der Waals surface area contributed by atoms with Crippen molar-refractivity contribution in [3.05, 3.63) is 63.9 Å². The summed E-state index contributed by atoms with van der Waals surface area (Å²) in [7, 11) is 0. The third-order valence-corrected chi connectivity index (χ3v) is 3.40. The molecule has 5 heteroatoms. The molecule has 2 aromatic rings. The lowest BCUT2D eigenvalue weighted by Crippen LogP contribution is -2.23. The lowest BCUT2D eigenvalue weighted by molar-refractivity contribution is 0.0817. The quantitative estimate of drug-likeness (QED) is 0.782. The molecule has 3 nitrogen and oxygen atoms in total. The molecule has 0 saturated heterocycles. The van der Waals surface area contributed by atoms with E-state index in [0.29, 0.717) is 5.56 Å². The summed E-state index contributed by atoms with van der Waals surface area (Å²) in [5.74, 6) is -0.657. The van der Waals surface area contributed by atoms with Crippen LogP contribution in [0.5, 0.6) is 5.75 Å². The number of rotatable bonds is 4.